The van der Waals surface area contributed by atoms with Crippen molar-refractivity contribution in [2.75, 3.05) is 6.54 Å². The van der Waals surface area contributed by atoms with Gasteiger partial charge in [-0.2, -0.15) is 39.5 Å². The fourth-order valence-corrected chi connectivity index (χ4v) is 4.21. The van der Waals surface area contributed by atoms with Gasteiger partial charge in [0.05, 0.1) is 21.8 Å². The molecule has 1 fully saturated rings. The normalized spacial score (nSPS) is 16.0. The molecule has 41 heavy (non-hydrogen) atoms. The average molecular weight is 617 g/mol. The smallest absolute Gasteiger partial charge is 0.346 e. The highest BCUT2D eigenvalue weighted by atomic mass is 35.5. The Morgan fingerprint density at radius 3 is 2.17 bits per heavy atom. The van der Waals surface area contributed by atoms with Crippen LogP contribution in [0.2, 0.25) is 5.02 Å². The second kappa shape index (κ2) is 11.3. The van der Waals surface area contributed by atoms with Crippen LogP contribution in [0.5, 0.6) is 0 Å². The second-order valence-electron chi connectivity index (χ2n) is 9.33. The molecule has 0 radical (unpaired) electrons. The first-order valence-electron chi connectivity index (χ1n) is 11.5. The topological polar surface area (TPSA) is 89.3 Å². The Morgan fingerprint density at radius 2 is 1.66 bits per heavy atom. The van der Waals surface area contributed by atoms with Gasteiger partial charge in [-0.3, -0.25) is 19.7 Å². The van der Waals surface area contributed by atoms with Crippen LogP contribution in [0.4, 0.5) is 45.2 Å². The van der Waals surface area contributed by atoms with E-state index in [1.807, 2.05) is 0 Å². The fraction of sp³-hybridized carbons (Fsp3) is 0.360. The zero-order valence-electron chi connectivity index (χ0n) is 20.4. The van der Waals surface area contributed by atoms with Crippen LogP contribution >= 0.6 is 11.6 Å². The highest BCUT2D eigenvalue weighted by Gasteiger charge is 2.52. The Kier molecular flexibility index (Phi) is 8.82. The van der Waals surface area contributed by atoms with Gasteiger partial charge in [0.1, 0.15) is 11.6 Å². The van der Waals surface area contributed by atoms with E-state index in [0.29, 0.717) is 30.4 Å². The summed E-state index contributed by atoms with van der Waals surface area (Å²) in [5, 5.41) is 12.3. The maximum absolute atomic E-state index is 13.8. The number of rotatable bonds is 9. The average Bonchev–Trinajstić information content (AvgIpc) is 3.62. The van der Waals surface area contributed by atoms with Gasteiger partial charge in [-0.1, -0.05) is 42.0 Å². The van der Waals surface area contributed by atoms with Crippen molar-refractivity contribution in [1.29, 1.82) is 0 Å². The molecule has 1 aliphatic rings. The number of carbonyl (C=O) groups is 2. The van der Waals surface area contributed by atoms with Crippen molar-refractivity contribution in [3.05, 3.63) is 79.9 Å². The molecule has 0 heterocycles. The summed E-state index contributed by atoms with van der Waals surface area (Å²) in [4.78, 5) is 35.0. The number of Topliss-reactive ketones (excluding diaryl/α,β-unsaturated/α-hetero) is 1. The number of nitro benzene ring substituents is 1. The Bertz CT molecular complexity index is 1380. The monoisotopic (exact) mass is 616 g/mol. The van der Waals surface area contributed by atoms with Crippen LogP contribution in [0, 0.1) is 15.5 Å². The van der Waals surface area contributed by atoms with Crippen LogP contribution in [-0.2, 0) is 11.0 Å². The van der Waals surface area contributed by atoms with Gasteiger partial charge in [-0.15, -0.1) is 0 Å². The number of amides is 1. The standard InChI is InChI=1S/C25H18ClF9N2O4/c26-18-6-3-14(10-19(18)37(40)41)16(24(30,31)32)5-2-13-1-4-15(17(9-13)25(33,34)35)20(38)11-22(7-8-22)21(39)36-12-23(27,28)29/h1-6,9-10,16H,7-8,11-12H2,(H,36,39)/b5-2+. The molecule has 0 spiro atoms. The first-order chi connectivity index (χ1) is 18.7. The predicted octanol–water partition coefficient (Wildman–Crippen LogP) is 7.66. The van der Waals surface area contributed by atoms with E-state index in [-0.39, 0.29) is 12.8 Å². The molecule has 1 saturated carbocycles. The molecule has 1 atom stereocenters. The van der Waals surface area contributed by atoms with Crippen molar-refractivity contribution in [3.8, 4) is 0 Å². The van der Waals surface area contributed by atoms with E-state index >= 15 is 0 Å². The summed E-state index contributed by atoms with van der Waals surface area (Å²) in [5.41, 5.74) is -5.85. The first-order valence-corrected chi connectivity index (χ1v) is 11.9. The number of nitro groups is 1. The Morgan fingerprint density at radius 1 is 1.02 bits per heavy atom. The molecule has 3 rings (SSSR count). The fourth-order valence-electron chi connectivity index (χ4n) is 4.03. The van der Waals surface area contributed by atoms with E-state index in [1.165, 1.54) is 0 Å². The van der Waals surface area contributed by atoms with E-state index in [4.69, 9.17) is 11.6 Å². The second-order valence-corrected chi connectivity index (χ2v) is 9.73. The molecule has 6 nitrogen and oxygen atoms in total. The van der Waals surface area contributed by atoms with Gasteiger partial charge in [-0.25, -0.2) is 0 Å². The molecule has 2 aromatic rings. The van der Waals surface area contributed by atoms with Crippen molar-refractivity contribution < 1.29 is 54.0 Å². The van der Waals surface area contributed by atoms with Crippen molar-refractivity contribution in [1.82, 2.24) is 5.32 Å². The lowest BCUT2D eigenvalue weighted by atomic mass is 9.91. The number of carbonyl (C=O) groups excluding carboxylic acids is 2. The SMILES string of the molecule is O=C(CC1(C(=O)NCC(F)(F)F)CC1)c1ccc(/C=C/C(c2ccc(Cl)c([N+](=O)[O-])c2)C(F)(F)F)cc1C(F)(F)F. The maximum atomic E-state index is 13.8. The minimum absolute atomic E-state index is 0.0215. The Hall–Kier alpha value is -3.62. The summed E-state index contributed by atoms with van der Waals surface area (Å²) < 4.78 is 120. The summed E-state index contributed by atoms with van der Waals surface area (Å²) in [5.74, 6) is -4.79. The van der Waals surface area contributed by atoms with E-state index in [9.17, 15) is 59.2 Å². The highest BCUT2D eigenvalue weighted by Crippen LogP contribution is 2.50. The number of halogens is 10. The minimum atomic E-state index is -5.16. The molecule has 16 heteroatoms. The number of nitrogens with zero attached hydrogens (tertiary/aromatic N) is 1. The van der Waals surface area contributed by atoms with Crippen LogP contribution in [0.15, 0.2) is 42.5 Å². The molecular formula is C25H18ClF9N2O4. The number of alkyl halides is 9. The summed E-state index contributed by atoms with van der Waals surface area (Å²) >= 11 is 5.64. The van der Waals surface area contributed by atoms with Crippen molar-refractivity contribution in [2.24, 2.45) is 5.41 Å². The maximum Gasteiger partial charge on any atom is 0.417 e. The predicted molar refractivity (Wildman–Crippen MR) is 127 cm³/mol. The van der Waals surface area contributed by atoms with Gasteiger partial charge < -0.3 is 5.32 Å². The molecule has 1 aliphatic carbocycles. The summed E-state index contributed by atoms with van der Waals surface area (Å²) in [6, 6.07) is 4.36. The van der Waals surface area contributed by atoms with E-state index < -0.39 is 92.4 Å². The number of hydrogen-bond donors (Lipinski definition) is 1. The molecule has 222 valence electrons. The van der Waals surface area contributed by atoms with Gasteiger partial charge in [-0.05, 0) is 36.1 Å². The summed E-state index contributed by atoms with van der Waals surface area (Å²) in [7, 11) is 0. The summed E-state index contributed by atoms with van der Waals surface area (Å²) in [6.07, 6.45) is -14.6. The third kappa shape index (κ3) is 7.99. The molecular weight excluding hydrogens is 599 g/mol. The minimum Gasteiger partial charge on any atom is -0.346 e. The van der Waals surface area contributed by atoms with Gasteiger partial charge in [0.2, 0.25) is 5.91 Å². The van der Waals surface area contributed by atoms with E-state index in [1.54, 1.807) is 5.32 Å². The third-order valence-electron chi connectivity index (χ3n) is 6.29. The van der Waals surface area contributed by atoms with Crippen LogP contribution < -0.4 is 5.32 Å². The number of nitrogens with one attached hydrogen (secondary N) is 1. The van der Waals surface area contributed by atoms with E-state index in [0.717, 1.165) is 18.2 Å². The van der Waals surface area contributed by atoms with E-state index in [2.05, 4.69) is 0 Å². The van der Waals surface area contributed by atoms with Crippen LogP contribution in [0.1, 0.15) is 52.2 Å². The third-order valence-corrected chi connectivity index (χ3v) is 6.61. The summed E-state index contributed by atoms with van der Waals surface area (Å²) in [6.45, 7) is -1.68. The zero-order chi connectivity index (χ0) is 31.0. The lowest BCUT2D eigenvalue weighted by Crippen LogP contribution is -2.39. The molecule has 0 bridgehead atoms. The number of allylic oxidation sites excluding steroid dienone is 1. The van der Waals surface area contributed by atoms with Crippen molar-refractivity contribution >= 4 is 35.1 Å². The molecule has 0 aromatic heterocycles. The zero-order valence-corrected chi connectivity index (χ0v) is 21.1. The number of hydrogen-bond acceptors (Lipinski definition) is 4. The molecule has 2 aromatic carbocycles. The van der Waals surface area contributed by atoms with Crippen LogP contribution in [0.3, 0.4) is 0 Å². The lowest BCUT2D eigenvalue weighted by molar-refractivity contribution is -0.384. The van der Waals surface area contributed by atoms with Gasteiger partial charge in [0.15, 0.2) is 5.78 Å². The van der Waals surface area contributed by atoms with Crippen molar-refractivity contribution in [2.45, 2.75) is 43.7 Å². The van der Waals surface area contributed by atoms with Crippen LogP contribution in [-0.4, -0.2) is 35.5 Å². The van der Waals surface area contributed by atoms with Gasteiger partial charge in [0.25, 0.3) is 5.69 Å². The number of benzene rings is 2. The molecule has 0 saturated heterocycles. The molecule has 1 unspecified atom stereocenters. The van der Waals surface area contributed by atoms with Gasteiger partial charge >= 0.3 is 18.5 Å². The largest absolute Gasteiger partial charge is 0.417 e. The Labute approximate surface area is 230 Å². The first kappa shape index (κ1) is 31.9. The quantitative estimate of drug-likeness (QED) is 0.136. The van der Waals surface area contributed by atoms with Gasteiger partial charge in [0, 0.05) is 18.1 Å². The molecule has 0 aliphatic heterocycles. The Balaban J connectivity index is 1.90. The van der Waals surface area contributed by atoms with Crippen molar-refractivity contribution in [3.63, 3.8) is 0 Å². The highest BCUT2D eigenvalue weighted by molar-refractivity contribution is 6.32. The molecule has 1 N–H and O–H groups in total. The van der Waals surface area contributed by atoms with Crippen LogP contribution in [0.25, 0.3) is 6.08 Å². The lowest BCUT2D eigenvalue weighted by Gasteiger charge is -2.18. The number of ketones is 1. The molecule has 1 amide bonds.